The van der Waals surface area contributed by atoms with Gasteiger partial charge in [0.1, 0.15) is 12.1 Å². The lowest BCUT2D eigenvalue weighted by Crippen LogP contribution is -2.57. The van der Waals surface area contributed by atoms with Crippen LogP contribution in [0.3, 0.4) is 0 Å². The lowest BCUT2D eigenvalue weighted by molar-refractivity contribution is -0.143. The highest BCUT2D eigenvalue weighted by Gasteiger charge is 2.47. The molecule has 5 heterocycles. The van der Waals surface area contributed by atoms with Crippen molar-refractivity contribution < 1.29 is 34.2 Å². The van der Waals surface area contributed by atoms with Gasteiger partial charge in [0.2, 0.25) is 17.7 Å². The van der Waals surface area contributed by atoms with Gasteiger partial charge in [0.15, 0.2) is 5.78 Å². The van der Waals surface area contributed by atoms with E-state index in [1.54, 1.807) is 38.5 Å². The molecule has 4 amide bonds. The van der Waals surface area contributed by atoms with E-state index in [2.05, 4.69) is 52.6 Å². The number of hydrogen-bond donors (Lipinski definition) is 4. The summed E-state index contributed by atoms with van der Waals surface area (Å²) in [5.74, 6) is -0.717. The zero-order chi connectivity index (χ0) is 54.6. The minimum Gasteiger partial charge on any atom is -0.391 e. The highest BCUT2D eigenvalue weighted by atomic mass is 32.1. The Morgan fingerprint density at radius 3 is 1.88 bits per heavy atom. The number of β-amino-alcohol motifs (C(OH)–C–C–N with tert-alkyl or cyclic N) is 2. The van der Waals surface area contributed by atoms with E-state index < -0.39 is 36.4 Å². The Labute approximate surface area is 451 Å². The molecular weight excluding hydrogens is 983 g/mol. The van der Waals surface area contributed by atoms with Gasteiger partial charge in [-0.05, 0) is 90.0 Å². The molecule has 14 nitrogen and oxygen atoms in total. The number of nitrogens with one attached hydrogen (secondary N) is 2. The van der Waals surface area contributed by atoms with Gasteiger partial charge in [-0.15, -0.1) is 22.7 Å². The summed E-state index contributed by atoms with van der Waals surface area (Å²) in [5.41, 5.74) is 12.4. The number of fused-ring (bicyclic) bond motifs is 1. The number of Topliss-reactive ketones (excluding diaryl/α,β-unsaturated/α-hetero) is 1. The van der Waals surface area contributed by atoms with Crippen LogP contribution in [0.25, 0.3) is 20.9 Å². The van der Waals surface area contributed by atoms with E-state index in [0.717, 1.165) is 49.0 Å². The summed E-state index contributed by atoms with van der Waals surface area (Å²) in [7, 11) is 0. The molecule has 7 atom stereocenters. The molecule has 3 aliphatic heterocycles. The van der Waals surface area contributed by atoms with E-state index in [1.807, 2.05) is 123 Å². The predicted molar refractivity (Wildman–Crippen MR) is 297 cm³/mol. The number of carbonyl (C=O) groups excluding carboxylic acids is 5. The Morgan fingerprint density at radius 2 is 1.33 bits per heavy atom. The lowest BCUT2D eigenvalue weighted by Gasteiger charge is -2.36. The average molecular weight is 1060 g/mol. The second kappa shape index (κ2) is 24.1. The van der Waals surface area contributed by atoms with Crippen LogP contribution in [0.1, 0.15) is 144 Å². The predicted octanol–water partition coefficient (Wildman–Crippen LogP) is 9.06. The van der Waals surface area contributed by atoms with Crippen LogP contribution < -0.4 is 10.6 Å². The summed E-state index contributed by atoms with van der Waals surface area (Å²) >= 11 is 3.23. The van der Waals surface area contributed by atoms with Crippen LogP contribution in [0.4, 0.5) is 0 Å². The molecule has 0 radical (unpaired) electrons. The van der Waals surface area contributed by atoms with E-state index in [0.29, 0.717) is 18.5 Å². The fourth-order valence-corrected chi connectivity index (χ4v) is 12.3. The number of aromatic nitrogens is 2. The Hall–Kier alpha value is -5.65. The number of benzene rings is 3. The second-order valence-corrected chi connectivity index (χ2v) is 24.3. The molecule has 8 rings (SSSR count). The van der Waals surface area contributed by atoms with Crippen LogP contribution in [-0.2, 0) is 32.1 Å². The first-order valence-corrected chi connectivity index (χ1v) is 28.2. The van der Waals surface area contributed by atoms with Crippen LogP contribution in [0, 0.1) is 25.2 Å². The highest BCUT2D eigenvalue weighted by molar-refractivity contribution is 7.13. The number of carbonyl (C=O) groups is 5. The first-order chi connectivity index (χ1) is 35.4. The van der Waals surface area contributed by atoms with Crippen molar-refractivity contribution in [2.75, 3.05) is 13.1 Å². The third-order valence-corrected chi connectivity index (χ3v) is 16.6. The summed E-state index contributed by atoms with van der Waals surface area (Å²) in [6.45, 7) is 24.7. The molecule has 2 fully saturated rings. The van der Waals surface area contributed by atoms with Gasteiger partial charge in [-0.3, -0.25) is 24.0 Å². The SMILES string of the molecule is Cc1ncsc1-c1ccc(CCC(=O)[C@@H]2C[C@@H](O)CN2C(=O)[C@H](C(C)C)N2Cc3ccccc3C2=O)c(C(C)C)c1.Cc1ncsc1-c1ccc([C@H](C)NC(=O)[C@@H]2C[C@@H](O)CN2C(=O)[C@H](NC(C)C)C(C)(C)C)cc1. The molecule has 2 saturated heterocycles. The number of rotatable bonds is 16. The van der Waals surface area contributed by atoms with E-state index in [-0.39, 0.29) is 91.1 Å². The Bertz CT molecular complexity index is 2830. The van der Waals surface area contributed by atoms with Crippen molar-refractivity contribution in [1.29, 1.82) is 0 Å². The number of nitrogens with zero attached hydrogens (tertiary/aromatic N) is 5. The smallest absolute Gasteiger partial charge is 0.255 e. The molecule has 3 aliphatic rings. The minimum absolute atomic E-state index is 0.0504. The number of ketones is 1. The van der Waals surface area contributed by atoms with Gasteiger partial charge >= 0.3 is 0 Å². The quantitative estimate of drug-likeness (QED) is 0.0743. The van der Waals surface area contributed by atoms with Gasteiger partial charge in [-0.1, -0.05) is 117 Å². The number of aliphatic hydroxyl groups is 2. The first-order valence-electron chi connectivity index (χ1n) is 26.4. The molecule has 16 heteroatoms. The van der Waals surface area contributed by atoms with Crippen molar-refractivity contribution in [2.45, 2.75) is 170 Å². The Morgan fingerprint density at radius 1 is 0.760 bits per heavy atom. The van der Waals surface area contributed by atoms with E-state index >= 15 is 0 Å². The zero-order valence-electron chi connectivity index (χ0n) is 45.7. The van der Waals surface area contributed by atoms with Crippen molar-refractivity contribution in [1.82, 2.24) is 35.3 Å². The largest absolute Gasteiger partial charge is 0.391 e. The molecule has 5 aromatic rings. The fourth-order valence-electron chi connectivity index (χ4n) is 10.7. The Kier molecular flexibility index (Phi) is 18.4. The molecule has 3 aromatic carbocycles. The summed E-state index contributed by atoms with van der Waals surface area (Å²) < 4.78 is 0. The molecule has 75 heavy (non-hydrogen) atoms. The summed E-state index contributed by atoms with van der Waals surface area (Å²) in [5, 5.41) is 27.3. The molecule has 0 aliphatic carbocycles. The van der Waals surface area contributed by atoms with Crippen LogP contribution in [-0.4, -0.2) is 120 Å². The molecule has 0 unspecified atom stereocenters. The van der Waals surface area contributed by atoms with E-state index in [9.17, 15) is 34.2 Å². The highest BCUT2D eigenvalue weighted by Crippen LogP contribution is 2.35. The number of amides is 4. The maximum atomic E-state index is 14.0. The molecule has 0 bridgehead atoms. The first kappa shape index (κ1) is 57.1. The molecule has 0 spiro atoms. The van der Waals surface area contributed by atoms with Gasteiger partial charge in [-0.2, -0.15) is 0 Å². The summed E-state index contributed by atoms with van der Waals surface area (Å²) in [6, 6.07) is 19.3. The third kappa shape index (κ3) is 13.1. The average Bonchev–Trinajstić information content (AvgIpc) is 4.22. The topological polar surface area (TPSA) is 185 Å². The molecule has 4 N–H and O–H groups in total. The van der Waals surface area contributed by atoms with Gasteiger partial charge in [-0.25, -0.2) is 9.97 Å². The van der Waals surface area contributed by atoms with E-state index in [1.165, 1.54) is 10.5 Å². The lowest BCUT2D eigenvalue weighted by atomic mass is 9.85. The minimum atomic E-state index is -0.764. The zero-order valence-corrected chi connectivity index (χ0v) is 47.4. The molecule has 0 saturated carbocycles. The number of hydrogen-bond acceptors (Lipinski definition) is 12. The maximum Gasteiger partial charge on any atom is 0.255 e. The van der Waals surface area contributed by atoms with Crippen molar-refractivity contribution >= 4 is 52.1 Å². The van der Waals surface area contributed by atoms with E-state index in [4.69, 9.17) is 0 Å². The normalized spacial score (nSPS) is 19.9. The van der Waals surface area contributed by atoms with Crippen LogP contribution in [0.5, 0.6) is 0 Å². The fraction of sp³-hybridized carbons (Fsp3) is 0.508. The van der Waals surface area contributed by atoms with Crippen LogP contribution in [0.15, 0.2) is 77.8 Å². The van der Waals surface area contributed by atoms with Gasteiger partial charge in [0.05, 0.1) is 62.5 Å². The number of thiazole rings is 2. The third-order valence-electron chi connectivity index (χ3n) is 14.7. The van der Waals surface area contributed by atoms with Crippen molar-refractivity contribution in [3.63, 3.8) is 0 Å². The summed E-state index contributed by atoms with van der Waals surface area (Å²) in [4.78, 5) is 83.3. The standard InChI is InChI=1S/C33H39N3O4S.C26H38N4O3S/c1-19(2)27-14-23(31-21(5)34-18-41-31)11-10-22(27)12-13-29(38)28-15-25(37)17-35(28)33(40)30(20(3)4)36-16-24-8-6-7-9-26(24)32(36)39;1-15(2)28-23(26(5,6)7)25(33)30-13-20(31)12-21(30)24(32)29-16(3)18-8-10-19(11-9-18)22-17(4)27-14-34-22/h6-11,14,18-20,25,28,30,37H,12-13,15-17H2,1-5H3;8-11,14-16,20-21,23,28,31H,12-13H2,1-7H3,(H,29,32)/t25-,28+,30+;16-,20+,21-,23-/m10/s1. The monoisotopic (exact) mass is 1060 g/mol. The Balaban J connectivity index is 0.000000223. The molecular formula is C59H77N7O7S2. The molecule has 2 aromatic heterocycles. The van der Waals surface area contributed by atoms with Crippen molar-refractivity contribution in [2.24, 2.45) is 11.3 Å². The van der Waals surface area contributed by atoms with Gasteiger partial charge < -0.3 is 35.5 Å². The second-order valence-electron chi connectivity index (χ2n) is 22.6. The van der Waals surface area contributed by atoms with Crippen LogP contribution in [0.2, 0.25) is 0 Å². The van der Waals surface area contributed by atoms with Gasteiger partial charge in [0.25, 0.3) is 5.91 Å². The number of aliphatic hydroxyl groups excluding tert-OH is 2. The van der Waals surface area contributed by atoms with Crippen molar-refractivity contribution in [3.05, 3.63) is 117 Å². The number of likely N-dealkylation sites (tertiary alicyclic amines) is 2. The molecule has 402 valence electrons. The summed E-state index contributed by atoms with van der Waals surface area (Å²) in [6.07, 6.45) is -0.162. The van der Waals surface area contributed by atoms with Gasteiger partial charge in [0, 0.05) is 50.5 Å². The van der Waals surface area contributed by atoms with Crippen LogP contribution >= 0.6 is 22.7 Å². The van der Waals surface area contributed by atoms with Crippen molar-refractivity contribution in [3.8, 4) is 20.9 Å². The number of aryl methyl sites for hydroxylation is 3. The maximum absolute atomic E-state index is 14.0.